The third-order valence-electron chi connectivity index (χ3n) is 2.94. The number of fused-ring (bicyclic) bond motifs is 1. The Hall–Kier alpha value is -2.14. The van der Waals surface area contributed by atoms with Gasteiger partial charge < -0.3 is 4.57 Å². The summed E-state index contributed by atoms with van der Waals surface area (Å²) < 4.78 is 2.87. The Morgan fingerprint density at radius 3 is 2.95 bits per heavy atom. The maximum absolute atomic E-state index is 12.1. The van der Waals surface area contributed by atoms with Gasteiger partial charge in [-0.05, 0) is 36.8 Å². The molecule has 1 amide bonds. The molecule has 2 heterocycles. The monoisotopic (exact) mass is 271 g/mol. The number of thiazole rings is 1. The van der Waals surface area contributed by atoms with Gasteiger partial charge in [0.05, 0.1) is 10.2 Å². The number of amides is 1. The van der Waals surface area contributed by atoms with Gasteiger partial charge >= 0.3 is 0 Å². The zero-order valence-electron chi connectivity index (χ0n) is 10.7. The molecule has 5 heteroatoms. The number of rotatable bonds is 2. The van der Waals surface area contributed by atoms with Crippen LogP contribution in [0.4, 0.5) is 5.13 Å². The molecule has 0 atom stereocenters. The Morgan fingerprint density at radius 2 is 2.21 bits per heavy atom. The Bertz CT molecular complexity index is 757. The SMILES string of the molecule is Cc1ccc2nc(NC(=O)c3cccn3C)sc2c1. The predicted molar refractivity (Wildman–Crippen MR) is 77.7 cm³/mol. The van der Waals surface area contributed by atoms with Crippen LogP contribution in [-0.2, 0) is 7.05 Å². The summed E-state index contributed by atoms with van der Waals surface area (Å²) in [5.74, 6) is -0.136. The number of nitrogens with one attached hydrogen (secondary N) is 1. The second-order valence-corrected chi connectivity index (χ2v) is 5.48. The fourth-order valence-electron chi connectivity index (χ4n) is 1.94. The number of hydrogen-bond acceptors (Lipinski definition) is 3. The van der Waals surface area contributed by atoms with Crippen molar-refractivity contribution in [3.05, 3.63) is 47.8 Å². The van der Waals surface area contributed by atoms with Crippen molar-refractivity contribution in [3.8, 4) is 0 Å². The first kappa shape index (κ1) is 11.9. The minimum Gasteiger partial charge on any atom is -0.347 e. The van der Waals surface area contributed by atoms with E-state index < -0.39 is 0 Å². The summed E-state index contributed by atoms with van der Waals surface area (Å²) in [7, 11) is 1.84. The van der Waals surface area contributed by atoms with Crippen LogP contribution in [0.3, 0.4) is 0 Å². The van der Waals surface area contributed by atoms with Crippen LogP contribution in [0.25, 0.3) is 10.2 Å². The minimum atomic E-state index is -0.136. The van der Waals surface area contributed by atoms with Crippen LogP contribution >= 0.6 is 11.3 Å². The van der Waals surface area contributed by atoms with E-state index in [-0.39, 0.29) is 5.91 Å². The van der Waals surface area contributed by atoms with Crippen molar-refractivity contribution < 1.29 is 4.79 Å². The maximum atomic E-state index is 12.1. The standard InChI is InChI=1S/C14H13N3OS/c1-9-5-6-10-12(8-9)19-14(15-10)16-13(18)11-4-3-7-17(11)2/h3-8H,1-2H3,(H,15,16,18). The highest BCUT2D eigenvalue weighted by Gasteiger charge is 2.11. The van der Waals surface area contributed by atoms with E-state index in [9.17, 15) is 4.79 Å². The number of carbonyl (C=O) groups excluding carboxylic acids is 1. The summed E-state index contributed by atoms with van der Waals surface area (Å²) in [6.45, 7) is 2.04. The van der Waals surface area contributed by atoms with E-state index in [0.717, 1.165) is 10.2 Å². The molecule has 1 N–H and O–H groups in total. The lowest BCUT2D eigenvalue weighted by molar-refractivity contribution is 0.101. The van der Waals surface area contributed by atoms with Crippen molar-refractivity contribution in [1.82, 2.24) is 9.55 Å². The summed E-state index contributed by atoms with van der Waals surface area (Å²) in [6.07, 6.45) is 1.84. The third-order valence-corrected chi connectivity index (χ3v) is 3.87. The van der Waals surface area contributed by atoms with Crippen LogP contribution in [0.2, 0.25) is 0 Å². The Labute approximate surface area is 114 Å². The molecule has 0 saturated heterocycles. The Balaban J connectivity index is 1.89. The van der Waals surface area contributed by atoms with Gasteiger partial charge in [0.2, 0.25) is 0 Å². The van der Waals surface area contributed by atoms with Crippen LogP contribution in [-0.4, -0.2) is 15.5 Å². The van der Waals surface area contributed by atoms with Crippen LogP contribution in [0.5, 0.6) is 0 Å². The van der Waals surface area contributed by atoms with Crippen LogP contribution in [0, 0.1) is 6.92 Å². The zero-order valence-corrected chi connectivity index (χ0v) is 11.5. The lowest BCUT2D eigenvalue weighted by Gasteiger charge is -2.02. The van der Waals surface area contributed by atoms with Gasteiger partial charge in [-0.2, -0.15) is 0 Å². The van der Waals surface area contributed by atoms with Gasteiger partial charge in [-0.1, -0.05) is 17.4 Å². The molecule has 3 aromatic rings. The number of nitrogens with zero attached hydrogens (tertiary/aromatic N) is 2. The molecule has 1 aromatic carbocycles. The Kier molecular flexibility index (Phi) is 2.83. The van der Waals surface area contributed by atoms with E-state index in [2.05, 4.69) is 16.4 Å². The summed E-state index contributed by atoms with van der Waals surface area (Å²) in [5, 5.41) is 3.47. The number of aromatic nitrogens is 2. The predicted octanol–water partition coefficient (Wildman–Crippen LogP) is 3.20. The van der Waals surface area contributed by atoms with Crippen LogP contribution in [0.15, 0.2) is 36.5 Å². The van der Waals surface area contributed by atoms with E-state index in [1.165, 1.54) is 16.9 Å². The van der Waals surface area contributed by atoms with Crippen molar-refractivity contribution in [2.75, 3.05) is 5.32 Å². The van der Waals surface area contributed by atoms with E-state index >= 15 is 0 Å². The fourth-order valence-corrected chi connectivity index (χ4v) is 2.90. The molecule has 0 aliphatic heterocycles. The van der Waals surface area contributed by atoms with Gasteiger partial charge in [0.25, 0.3) is 5.91 Å². The molecule has 0 aliphatic rings. The topological polar surface area (TPSA) is 46.9 Å². The molecular weight excluding hydrogens is 258 g/mol. The van der Waals surface area contributed by atoms with Gasteiger partial charge in [-0.15, -0.1) is 0 Å². The molecule has 0 fully saturated rings. The molecule has 0 spiro atoms. The maximum Gasteiger partial charge on any atom is 0.274 e. The normalized spacial score (nSPS) is 10.8. The van der Waals surface area contributed by atoms with E-state index in [1.807, 2.05) is 38.4 Å². The first-order chi connectivity index (χ1) is 9.13. The number of anilines is 1. The van der Waals surface area contributed by atoms with Gasteiger partial charge in [0.15, 0.2) is 5.13 Å². The summed E-state index contributed by atoms with van der Waals surface area (Å²) in [5.41, 5.74) is 2.73. The van der Waals surface area contributed by atoms with Crippen LogP contribution < -0.4 is 5.32 Å². The first-order valence-electron chi connectivity index (χ1n) is 5.93. The lowest BCUT2D eigenvalue weighted by Crippen LogP contribution is -2.14. The molecular formula is C14H13N3OS. The fraction of sp³-hybridized carbons (Fsp3) is 0.143. The van der Waals surface area contributed by atoms with Crippen molar-refractivity contribution in [1.29, 1.82) is 0 Å². The molecule has 0 aliphatic carbocycles. The molecule has 4 nitrogen and oxygen atoms in total. The Morgan fingerprint density at radius 1 is 1.37 bits per heavy atom. The minimum absolute atomic E-state index is 0.136. The van der Waals surface area contributed by atoms with Gasteiger partial charge in [0, 0.05) is 13.2 Å². The average molecular weight is 271 g/mol. The average Bonchev–Trinajstić information content (AvgIpc) is 2.94. The second-order valence-electron chi connectivity index (χ2n) is 4.45. The molecule has 3 rings (SSSR count). The molecule has 0 bridgehead atoms. The molecule has 2 aromatic heterocycles. The second kappa shape index (κ2) is 4.51. The van der Waals surface area contributed by atoms with Gasteiger partial charge in [-0.25, -0.2) is 4.98 Å². The van der Waals surface area contributed by atoms with Crippen molar-refractivity contribution in [3.63, 3.8) is 0 Å². The molecule has 0 unspecified atom stereocenters. The van der Waals surface area contributed by atoms with Crippen molar-refractivity contribution in [2.24, 2.45) is 7.05 Å². The molecule has 0 saturated carbocycles. The number of hydrogen-bond donors (Lipinski definition) is 1. The van der Waals surface area contributed by atoms with Crippen molar-refractivity contribution >= 4 is 32.6 Å². The number of aryl methyl sites for hydroxylation is 2. The highest BCUT2D eigenvalue weighted by atomic mass is 32.1. The quantitative estimate of drug-likeness (QED) is 0.778. The summed E-state index contributed by atoms with van der Waals surface area (Å²) in [6, 6.07) is 9.69. The summed E-state index contributed by atoms with van der Waals surface area (Å²) >= 11 is 1.49. The number of benzene rings is 1. The van der Waals surface area contributed by atoms with Crippen molar-refractivity contribution in [2.45, 2.75) is 6.92 Å². The van der Waals surface area contributed by atoms with E-state index in [0.29, 0.717) is 10.8 Å². The third kappa shape index (κ3) is 2.24. The van der Waals surface area contributed by atoms with E-state index in [4.69, 9.17) is 0 Å². The molecule has 0 radical (unpaired) electrons. The highest BCUT2D eigenvalue weighted by molar-refractivity contribution is 7.22. The van der Waals surface area contributed by atoms with Gasteiger partial charge in [-0.3, -0.25) is 10.1 Å². The molecule has 19 heavy (non-hydrogen) atoms. The van der Waals surface area contributed by atoms with Gasteiger partial charge in [0.1, 0.15) is 5.69 Å². The summed E-state index contributed by atoms with van der Waals surface area (Å²) in [4.78, 5) is 16.5. The largest absolute Gasteiger partial charge is 0.347 e. The first-order valence-corrected chi connectivity index (χ1v) is 6.75. The number of carbonyl (C=O) groups is 1. The lowest BCUT2D eigenvalue weighted by atomic mass is 10.2. The van der Waals surface area contributed by atoms with Crippen LogP contribution in [0.1, 0.15) is 16.1 Å². The smallest absolute Gasteiger partial charge is 0.274 e. The zero-order chi connectivity index (χ0) is 13.4. The highest BCUT2D eigenvalue weighted by Crippen LogP contribution is 2.26. The molecule has 96 valence electrons. The van der Waals surface area contributed by atoms with E-state index in [1.54, 1.807) is 10.6 Å².